The van der Waals surface area contributed by atoms with Crippen LogP contribution in [0.1, 0.15) is 226 Å². The molecule has 0 aromatic heterocycles. The van der Waals surface area contributed by atoms with Crippen molar-refractivity contribution in [3.05, 3.63) is 12.3 Å². The molecule has 0 aromatic rings. The van der Waals surface area contributed by atoms with Crippen molar-refractivity contribution in [1.29, 1.82) is 0 Å². The maximum atomic E-state index is 12.7. The van der Waals surface area contributed by atoms with Crippen LogP contribution in [0.3, 0.4) is 0 Å². The molecule has 1 unspecified atom stereocenters. The van der Waals surface area contributed by atoms with Crippen molar-refractivity contribution in [2.24, 2.45) is 0 Å². The molecule has 9 heteroatoms. The van der Waals surface area contributed by atoms with Crippen LogP contribution in [0, 0.1) is 0 Å². The Morgan fingerprint density at radius 1 is 0.564 bits per heavy atom. The van der Waals surface area contributed by atoms with Gasteiger partial charge < -0.3 is 18.9 Å². The number of hydrogen-bond acceptors (Lipinski definition) is 6. The number of ether oxygens (including phenoxy) is 2. The molecule has 0 saturated carbocycles. The summed E-state index contributed by atoms with van der Waals surface area (Å²) in [5, 5.41) is 0. The van der Waals surface area contributed by atoms with Crippen molar-refractivity contribution in [2.75, 3.05) is 47.5 Å². The molecule has 0 fully saturated rings. The quantitative estimate of drug-likeness (QED) is 0.0216. The zero-order chi connectivity index (χ0) is 40.6. The second kappa shape index (κ2) is 39.9. The second-order valence-electron chi connectivity index (χ2n) is 17.2. The summed E-state index contributed by atoms with van der Waals surface area (Å²) in [6.45, 7) is 4.97. The summed E-state index contributed by atoms with van der Waals surface area (Å²) in [6, 6.07) is 0. The van der Waals surface area contributed by atoms with Gasteiger partial charge in [-0.3, -0.25) is 13.8 Å². The van der Waals surface area contributed by atoms with Crippen LogP contribution in [0.4, 0.5) is 0 Å². The Hall–Kier alpha value is -0.920. The number of rotatable bonds is 44. The normalized spacial score (nSPS) is 13.7. The highest BCUT2D eigenvalue weighted by Crippen LogP contribution is 2.43. The molecule has 0 heterocycles. The summed E-state index contributed by atoms with van der Waals surface area (Å²) in [4.78, 5) is 22.9. The van der Waals surface area contributed by atoms with E-state index < -0.39 is 13.9 Å². The molecule has 0 aliphatic heterocycles. The van der Waals surface area contributed by atoms with Gasteiger partial charge in [-0.1, -0.05) is 200 Å². The van der Waals surface area contributed by atoms with Gasteiger partial charge in [0.2, 0.25) is 0 Å². The lowest BCUT2D eigenvalue weighted by Gasteiger charge is -2.24. The van der Waals surface area contributed by atoms with E-state index in [9.17, 15) is 14.3 Å². The van der Waals surface area contributed by atoms with Gasteiger partial charge in [0.15, 0.2) is 6.10 Å². The molecule has 0 rings (SSSR count). The Balaban J connectivity index is 4.18. The van der Waals surface area contributed by atoms with Gasteiger partial charge in [0.1, 0.15) is 19.8 Å². The minimum atomic E-state index is -4.28. The molecule has 55 heavy (non-hydrogen) atoms. The van der Waals surface area contributed by atoms with Gasteiger partial charge in [-0.2, -0.15) is 0 Å². The van der Waals surface area contributed by atoms with E-state index in [-0.39, 0.29) is 25.8 Å². The Morgan fingerprint density at radius 2 is 0.945 bits per heavy atom. The van der Waals surface area contributed by atoms with Crippen molar-refractivity contribution in [2.45, 2.75) is 232 Å². The lowest BCUT2D eigenvalue weighted by atomic mass is 10.0. The number of quaternary nitrogens is 1. The van der Waals surface area contributed by atoms with Crippen LogP contribution in [-0.2, 0) is 27.9 Å². The summed E-state index contributed by atoms with van der Waals surface area (Å²) in [7, 11) is 1.65. The SMILES string of the molecule is CCCCCCCCCCCCCC/C=C/OC[C@H](COP(=O)(O)OCC[N+](C)(C)C)OC(=O)CCCCCCCCCCCCCCCCCCCCC. The third kappa shape index (κ3) is 44.0. The maximum Gasteiger partial charge on any atom is 0.472 e. The summed E-state index contributed by atoms with van der Waals surface area (Å²) < 4.78 is 34.8. The van der Waals surface area contributed by atoms with Crippen molar-refractivity contribution in [1.82, 2.24) is 0 Å². The van der Waals surface area contributed by atoms with Crippen LogP contribution in [0.5, 0.6) is 0 Å². The highest BCUT2D eigenvalue weighted by atomic mass is 31.2. The zero-order valence-corrected chi connectivity index (χ0v) is 38.1. The van der Waals surface area contributed by atoms with E-state index >= 15 is 0 Å². The van der Waals surface area contributed by atoms with Crippen molar-refractivity contribution in [3.8, 4) is 0 Å². The van der Waals surface area contributed by atoms with Crippen LogP contribution in [-0.4, -0.2) is 69.0 Å². The minimum Gasteiger partial charge on any atom is -0.498 e. The lowest BCUT2D eigenvalue weighted by molar-refractivity contribution is -0.870. The van der Waals surface area contributed by atoms with Gasteiger partial charge in [0, 0.05) is 6.42 Å². The largest absolute Gasteiger partial charge is 0.498 e. The highest BCUT2D eigenvalue weighted by molar-refractivity contribution is 7.47. The van der Waals surface area contributed by atoms with Crippen LogP contribution < -0.4 is 0 Å². The van der Waals surface area contributed by atoms with E-state index in [2.05, 4.69) is 13.8 Å². The number of carbonyl (C=O) groups excluding carboxylic acids is 1. The first-order valence-electron chi connectivity index (χ1n) is 23.5. The smallest absolute Gasteiger partial charge is 0.472 e. The minimum absolute atomic E-state index is 0.0543. The molecular weight excluding hydrogens is 709 g/mol. The van der Waals surface area contributed by atoms with Crippen LogP contribution in [0.15, 0.2) is 12.3 Å². The monoisotopic (exact) mass is 803 g/mol. The third-order valence-corrected chi connectivity index (χ3v) is 11.4. The van der Waals surface area contributed by atoms with Gasteiger partial charge >= 0.3 is 13.8 Å². The third-order valence-electron chi connectivity index (χ3n) is 10.4. The molecule has 0 saturated heterocycles. The summed E-state index contributed by atoms with van der Waals surface area (Å²) in [5.74, 6) is -0.330. The fraction of sp³-hybridized carbons (Fsp3) is 0.935. The van der Waals surface area contributed by atoms with E-state index in [1.165, 1.54) is 173 Å². The Bertz CT molecular complexity index is 894. The second-order valence-corrected chi connectivity index (χ2v) is 18.7. The van der Waals surface area contributed by atoms with Crippen molar-refractivity contribution < 1.29 is 37.3 Å². The first kappa shape index (κ1) is 54.1. The molecule has 328 valence electrons. The molecule has 1 N–H and O–H groups in total. The van der Waals surface area contributed by atoms with Crippen molar-refractivity contribution in [3.63, 3.8) is 0 Å². The Labute approximate surface area is 341 Å². The Morgan fingerprint density at radius 3 is 1.35 bits per heavy atom. The molecule has 0 aliphatic carbocycles. The number of nitrogens with zero attached hydrogens (tertiary/aromatic N) is 1. The van der Waals surface area contributed by atoms with Crippen molar-refractivity contribution >= 4 is 13.8 Å². The van der Waals surface area contributed by atoms with E-state index in [4.69, 9.17) is 18.5 Å². The number of hydrogen-bond donors (Lipinski definition) is 1. The van der Waals surface area contributed by atoms with Gasteiger partial charge in [0.05, 0.1) is 34.0 Å². The average molecular weight is 803 g/mol. The van der Waals surface area contributed by atoms with E-state index in [1.54, 1.807) is 6.26 Å². The number of esters is 1. The fourth-order valence-corrected chi connectivity index (χ4v) is 7.50. The van der Waals surface area contributed by atoms with E-state index in [0.717, 1.165) is 32.1 Å². The first-order chi connectivity index (χ1) is 26.6. The van der Waals surface area contributed by atoms with Gasteiger partial charge in [-0.15, -0.1) is 0 Å². The number of allylic oxidation sites excluding steroid dienone is 1. The molecule has 0 radical (unpaired) electrons. The molecule has 0 aromatic carbocycles. The molecule has 8 nitrogen and oxygen atoms in total. The van der Waals surface area contributed by atoms with Crippen LogP contribution in [0.25, 0.3) is 0 Å². The predicted molar refractivity (Wildman–Crippen MR) is 233 cm³/mol. The lowest BCUT2D eigenvalue weighted by Crippen LogP contribution is -2.37. The van der Waals surface area contributed by atoms with E-state index in [0.29, 0.717) is 17.4 Å². The highest BCUT2D eigenvalue weighted by Gasteiger charge is 2.26. The number of likely N-dealkylation sites (N-methyl/N-ethyl adjacent to an activating group) is 1. The molecule has 0 amide bonds. The van der Waals surface area contributed by atoms with Crippen LogP contribution >= 0.6 is 7.82 Å². The van der Waals surface area contributed by atoms with E-state index in [1.807, 2.05) is 27.2 Å². The Kier molecular flexibility index (Phi) is 39.2. The fourth-order valence-electron chi connectivity index (χ4n) is 6.76. The number of unbranched alkanes of at least 4 members (excludes halogenated alkanes) is 30. The predicted octanol–water partition coefficient (Wildman–Crippen LogP) is 14.2. The number of carbonyl (C=O) groups is 1. The topological polar surface area (TPSA) is 91.3 Å². The molecular formula is C46H93NO7P+. The number of phosphoric acid groups is 1. The molecule has 0 aliphatic rings. The zero-order valence-electron chi connectivity index (χ0n) is 37.2. The first-order valence-corrected chi connectivity index (χ1v) is 25.0. The average Bonchev–Trinajstić information content (AvgIpc) is 3.13. The standard InChI is InChI=1S/C46H92NO7P/c1-6-8-10-12-14-16-18-20-22-23-24-25-26-27-29-31-33-35-37-39-46(48)54-45(44-53-55(49,50)52-42-40-47(3,4)5)43-51-41-38-36-34-32-30-28-21-19-17-15-13-11-9-7-2/h38,41,45H,6-37,39-40,42-44H2,1-5H3/p+1/b41-38+/t45-/m1/s1. The summed E-state index contributed by atoms with van der Waals surface area (Å²) in [5.41, 5.74) is 0. The molecule has 0 bridgehead atoms. The number of phosphoric ester groups is 1. The maximum absolute atomic E-state index is 12.7. The summed E-state index contributed by atoms with van der Waals surface area (Å²) in [6.07, 6.45) is 44.8. The summed E-state index contributed by atoms with van der Waals surface area (Å²) >= 11 is 0. The van der Waals surface area contributed by atoms with Gasteiger partial charge in [0.25, 0.3) is 0 Å². The molecule has 2 atom stereocenters. The van der Waals surface area contributed by atoms with Crippen LogP contribution in [0.2, 0.25) is 0 Å². The van der Waals surface area contributed by atoms with Gasteiger partial charge in [-0.05, 0) is 25.3 Å². The molecule has 0 spiro atoms. The van der Waals surface area contributed by atoms with Gasteiger partial charge in [-0.25, -0.2) is 4.57 Å².